The quantitative estimate of drug-likeness (QED) is 0.217. The topological polar surface area (TPSA) is 176 Å². The molecule has 262 valence electrons. The van der Waals surface area contributed by atoms with Gasteiger partial charge >= 0.3 is 12.1 Å². The summed E-state index contributed by atoms with van der Waals surface area (Å²) in [6.07, 6.45) is 6.56. The molecule has 5 atom stereocenters. The Hall–Kier alpha value is -4.49. The van der Waals surface area contributed by atoms with Crippen LogP contribution in [-0.2, 0) is 20.7 Å². The number of fused-ring (bicyclic) bond motifs is 1. The maximum Gasteiger partial charge on any atom is 0.418 e. The van der Waals surface area contributed by atoms with Gasteiger partial charge in [0.15, 0.2) is 5.82 Å². The molecule has 1 saturated heterocycles. The highest BCUT2D eigenvalue weighted by Crippen LogP contribution is 2.26. The Morgan fingerprint density at radius 2 is 1.71 bits per heavy atom. The Balaban J connectivity index is 1.67. The number of amides is 4. The number of hydrogen-bond acceptors (Lipinski definition) is 8. The van der Waals surface area contributed by atoms with Gasteiger partial charge < -0.3 is 25.6 Å². The zero-order valence-electron chi connectivity index (χ0n) is 29.2. The number of likely N-dealkylation sites (tertiary alicyclic amines) is 1. The van der Waals surface area contributed by atoms with Crippen LogP contribution < -0.4 is 16.0 Å². The average Bonchev–Trinajstić information content (AvgIpc) is 3.70. The third-order valence-electron chi connectivity index (χ3n) is 8.92. The Morgan fingerprint density at radius 1 is 1.02 bits per heavy atom. The fraction of sp³-hybridized carbons (Fsp3) is 0.618. The van der Waals surface area contributed by atoms with Gasteiger partial charge in [-0.1, -0.05) is 63.9 Å². The number of rotatable bonds is 12. The molecule has 1 fully saturated rings. The summed E-state index contributed by atoms with van der Waals surface area (Å²) in [6.45, 7) is 12.1. The van der Waals surface area contributed by atoms with Crippen LogP contribution in [0.3, 0.4) is 0 Å². The van der Waals surface area contributed by atoms with E-state index in [0.717, 1.165) is 37.5 Å². The summed E-state index contributed by atoms with van der Waals surface area (Å²) >= 11 is 0. The second-order valence-corrected chi connectivity index (χ2v) is 14.1. The third kappa shape index (κ3) is 9.10. The number of H-pyrrole nitrogens is 1. The molecule has 48 heavy (non-hydrogen) atoms. The van der Waals surface area contributed by atoms with Crippen LogP contribution in [0.4, 0.5) is 9.59 Å². The van der Waals surface area contributed by atoms with Crippen LogP contribution in [0.5, 0.6) is 0 Å². The number of tetrazole rings is 1. The Morgan fingerprint density at radius 3 is 2.33 bits per heavy atom. The molecule has 14 nitrogen and oxygen atoms in total. The van der Waals surface area contributed by atoms with E-state index >= 15 is 0 Å². The van der Waals surface area contributed by atoms with Crippen molar-refractivity contribution in [2.75, 3.05) is 7.11 Å². The van der Waals surface area contributed by atoms with Crippen molar-refractivity contribution in [1.29, 1.82) is 0 Å². The number of carbonyl (C=O) groups is 4. The lowest BCUT2D eigenvalue weighted by molar-refractivity contribution is -0.130. The average molecular weight is 666 g/mol. The summed E-state index contributed by atoms with van der Waals surface area (Å²) in [6, 6.07) is 4.57. The molecule has 4 amide bonds. The highest BCUT2D eigenvalue weighted by atomic mass is 16.5. The van der Waals surface area contributed by atoms with Gasteiger partial charge in [-0.15, -0.1) is 10.2 Å². The first-order chi connectivity index (χ1) is 22.8. The van der Waals surface area contributed by atoms with Crippen LogP contribution in [0.25, 0.3) is 10.9 Å². The number of hydrogen-bond donors (Lipinski definition) is 4. The molecule has 3 heterocycles. The van der Waals surface area contributed by atoms with Crippen molar-refractivity contribution < 1.29 is 23.9 Å². The zero-order valence-corrected chi connectivity index (χ0v) is 29.2. The van der Waals surface area contributed by atoms with Gasteiger partial charge in [-0.2, -0.15) is 5.21 Å². The van der Waals surface area contributed by atoms with Gasteiger partial charge in [0.25, 0.3) is 0 Å². The number of carbonyl (C=O) groups excluding carboxylic acids is 4. The fourth-order valence-electron chi connectivity index (χ4n) is 6.49. The van der Waals surface area contributed by atoms with Crippen molar-refractivity contribution in [3.63, 3.8) is 0 Å². The maximum atomic E-state index is 14.2. The molecule has 0 unspecified atom stereocenters. The number of para-hydroxylation sites is 1. The highest BCUT2D eigenvalue weighted by Gasteiger charge is 2.35. The molecule has 1 aliphatic rings. The van der Waals surface area contributed by atoms with E-state index in [4.69, 9.17) is 4.74 Å². The predicted molar refractivity (Wildman–Crippen MR) is 181 cm³/mol. The first-order valence-electron chi connectivity index (χ1n) is 16.9. The zero-order chi connectivity index (χ0) is 35.0. The molecule has 0 radical (unpaired) electrons. The molecule has 0 bridgehead atoms. The molecular formula is C34H51N9O5. The fourth-order valence-corrected chi connectivity index (χ4v) is 6.49. The van der Waals surface area contributed by atoms with Gasteiger partial charge in [0.05, 0.1) is 18.7 Å². The first kappa shape index (κ1) is 36.3. The number of ether oxygens (including phenoxy) is 1. The van der Waals surface area contributed by atoms with Gasteiger partial charge in [0, 0.05) is 30.1 Å². The Labute approximate surface area is 282 Å². The molecule has 0 aliphatic carbocycles. The number of unbranched alkanes of at least 4 members (excludes halogenated alkanes) is 1. The maximum absolute atomic E-state index is 14.2. The van der Waals surface area contributed by atoms with Crippen molar-refractivity contribution in [3.05, 3.63) is 41.9 Å². The lowest BCUT2D eigenvalue weighted by atomic mass is 9.87. The van der Waals surface area contributed by atoms with Crippen LogP contribution in [0.2, 0.25) is 0 Å². The lowest BCUT2D eigenvalue weighted by Gasteiger charge is -2.40. The van der Waals surface area contributed by atoms with Gasteiger partial charge in [-0.3, -0.25) is 14.2 Å². The molecule has 3 aromatic rings. The SMILES string of the molecule is CCCC[C@@H](NC(=O)[C@@H](Cc1cn(C(=O)OC)c2ccccc12)NC(=O)[C@H](CC(C)(C)C)NC(=O)N1[C@H](C)CCC[C@@H]1C)c1nn[nH]n1. The summed E-state index contributed by atoms with van der Waals surface area (Å²) in [5, 5.41) is 24.1. The molecule has 2 aromatic heterocycles. The lowest BCUT2D eigenvalue weighted by Crippen LogP contribution is -2.59. The Kier molecular flexibility index (Phi) is 12.2. The molecule has 14 heteroatoms. The minimum Gasteiger partial charge on any atom is -0.452 e. The largest absolute Gasteiger partial charge is 0.452 e. The van der Waals surface area contributed by atoms with E-state index < -0.39 is 36.0 Å². The minimum absolute atomic E-state index is 0.0444. The molecular weight excluding hydrogens is 614 g/mol. The third-order valence-corrected chi connectivity index (χ3v) is 8.92. The molecule has 1 aliphatic heterocycles. The van der Waals surface area contributed by atoms with E-state index in [1.807, 2.05) is 64.6 Å². The van der Waals surface area contributed by atoms with E-state index in [0.29, 0.717) is 29.7 Å². The monoisotopic (exact) mass is 665 g/mol. The standard InChI is InChI=1S/C34H51N9O5/c1-8-9-16-25(29-38-40-41-39-29)35-30(44)26(18-23-20-42(33(47)48-7)28-17-11-10-15-24(23)28)36-31(45)27(19-34(4,5)6)37-32(46)43-21(2)13-12-14-22(43)3/h10-11,15,17,20-22,25-27H,8-9,12-14,16,18-19H2,1-7H3,(H,35,44)(H,36,45)(H,37,46)(H,38,39,40,41)/t21-,22+,25-,26-,27+/m1/s1. The van der Waals surface area contributed by atoms with E-state index in [2.05, 4.69) is 36.6 Å². The van der Waals surface area contributed by atoms with Gasteiger partial charge in [0.1, 0.15) is 12.1 Å². The number of nitrogens with one attached hydrogen (secondary N) is 4. The number of aromatic nitrogens is 5. The number of benzene rings is 1. The number of methoxy groups -OCH3 is 1. The van der Waals surface area contributed by atoms with Crippen molar-refractivity contribution in [1.82, 2.24) is 46.0 Å². The summed E-state index contributed by atoms with van der Waals surface area (Å²) < 4.78 is 6.38. The second-order valence-electron chi connectivity index (χ2n) is 14.1. The van der Waals surface area contributed by atoms with Crippen molar-refractivity contribution in [2.45, 2.75) is 123 Å². The van der Waals surface area contributed by atoms with Crippen molar-refractivity contribution in [3.8, 4) is 0 Å². The summed E-state index contributed by atoms with van der Waals surface area (Å²) in [5.74, 6) is -0.591. The van der Waals surface area contributed by atoms with Crippen molar-refractivity contribution >= 4 is 34.8 Å². The van der Waals surface area contributed by atoms with Crippen LogP contribution >= 0.6 is 0 Å². The molecule has 0 spiro atoms. The van der Waals surface area contributed by atoms with Crippen LogP contribution in [-0.4, -0.2) is 85.3 Å². The smallest absolute Gasteiger partial charge is 0.418 e. The number of aromatic amines is 1. The molecule has 1 aromatic carbocycles. The first-order valence-corrected chi connectivity index (χ1v) is 16.9. The molecule has 4 rings (SSSR count). The summed E-state index contributed by atoms with van der Waals surface area (Å²) in [7, 11) is 1.30. The molecule has 0 saturated carbocycles. The minimum atomic E-state index is -1.07. The van der Waals surface area contributed by atoms with E-state index in [-0.39, 0.29) is 30.0 Å². The summed E-state index contributed by atoms with van der Waals surface area (Å²) in [5.41, 5.74) is 0.956. The van der Waals surface area contributed by atoms with E-state index in [1.54, 1.807) is 12.3 Å². The number of urea groups is 1. The van der Waals surface area contributed by atoms with E-state index in [9.17, 15) is 19.2 Å². The Bertz CT molecular complexity index is 1540. The van der Waals surface area contributed by atoms with Gasteiger partial charge in [-0.25, -0.2) is 9.59 Å². The molecule has 4 N–H and O–H groups in total. The van der Waals surface area contributed by atoms with Crippen LogP contribution in [0.15, 0.2) is 30.5 Å². The van der Waals surface area contributed by atoms with Crippen LogP contribution in [0.1, 0.15) is 104 Å². The van der Waals surface area contributed by atoms with Gasteiger partial charge in [-0.05, 0) is 63.0 Å². The predicted octanol–water partition coefficient (Wildman–Crippen LogP) is 4.62. The summed E-state index contributed by atoms with van der Waals surface area (Å²) in [4.78, 5) is 56.4. The second kappa shape index (κ2) is 16.1. The number of piperidine rings is 1. The highest BCUT2D eigenvalue weighted by molar-refractivity contribution is 5.95. The van der Waals surface area contributed by atoms with Crippen molar-refractivity contribution in [2.24, 2.45) is 5.41 Å². The number of nitrogens with zero attached hydrogens (tertiary/aromatic N) is 5. The van der Waals surface area contributed by atoms with Crippen LogP contribution in [0, 0.1) is 5.41 Å². The van der Waals surface area contributed by atoms with Gasteiger partial charge in [0.2, 0.25) is 11.8 Å². The normalized spacial score (nSPS) is 18.5. The van der Waals surface area contributed by atoms with E-state index in [1.165, 1.54) is 11.7 Å².